The number of rotatable bonds is 4. The van der Waals surface area contributed by atoms with Crippen LogP contribution in [-0.4, -0.2) is 0 Å². The van der Waals surface area contributed by atoms with Crippen molar-refractivity contribution in [3.8, 4) is 6.07 Å². The Morgan fingerprint density at radius 2 is 1.95 bits per heavy atom. The summed E-state index contributed by atoms with van der Waals surface area (Å²) in [6.07, 6.45) is 0. The van der Waals surface area contributed by atoms with Crippen LogP contribution >= 0.6 is 28.3 Å². The highest BCUT2D eigenvalue weighted by Crippen LogP contribution is 2.18. The Kier molecular flexibility index (Phi) is 6.74. The van der Waals surface area contributed by atoms with E-state index < -0.39 is 0 Å². The van der Waals surface area contributed by atoms with Gasteiger partial charge in [-0.1, -0.05) is 40.2 Å². The van der Waals surface area contributed by atoms with Crippen LogP contribution in [0.15, 0.2) is 53.0 Å². The molecule has 0 saturated heterocycles. The number of halogens is 2. The van der Waals surface area contributed by atoms with Gasteiger partial charge in [0.05, 0.1) is 11.6 Å². The van der Waals surface area contributed by atoms with Crippen molar-refractivity contribution in [2.75, 3.05) is 0 Å². The highest BCUT2D eigenvalue weighted by molar-refractivity contribution is 9.10. The molecule has 0 amide bonds. The fourth-order valence-electron chi connectivity index (χ4n) is 1.92. The molecule has 2 nitrogen and oxygen atoms in total. The summed E-state index contributed by atoms with van der Waals surface area (Å²) in [4.78, 5) is 0. The SMILES string of the molecule is CC(NCc1cccc(C#N)c1)c1cccc(Br)c1.Cl. The van der Waals surface area contributed by atoms with Crippen LogP contribution in [0.25, 0.3) is 0 Å². The third-order valence-corrected chi connectivity index (χ3v) is 3.51. The fourth-order valence-corrected chi connectivity index (χ4v) is 2.33. The van der Waals surface area contributed by atoms with Crippen molar-refractivity contribution in [1.82, 2.24) is 5.32 Å². The Bertz CT molecular complexity index is 607. The first-order chi connectivity index (χ1) is 9.19. The van der Waals surface area contributed by atoms with Crippen LogP contribution in [0, 0.1) is 11.3 Å². The summed E-state index contributed by atoms with van der Waals surface area (Å²) in [6, 6.07) is 18.4. The lowest BCUT2D eigenvalue weighted by molar-refractivity contribution is 0.574. The van der Waals surface area contributed by atoms with E-state index in [9.17, 15) is 0 Å². The number of hydrogen-bond donors (Lipinski definition) is 1. The largest absolute Gasteiger partial charge is 0.306 e. The Morgan fingerprint density at radius 3 is 2.65 bits per heavy atom. The van der Waals surface area contributed by atoms with Gasteiger partial charge in [0.2, 0.25) is 0 Å². The molecule has 0 aliphatic heterocycles. The summed E-state index contributed by atoms with van der Waals surface area (Å²) in [7, 11) is 0. The van der Waals surface area contributed by atoms with Gasteiger partial charge in [0.25, 0.3) is 0 Å². The second-order valence-electron chi connectivity index (χ2n) is 4.47. The second-order valence-corrected chi connectivity index (χ2v) is 5.39. The standard InChI is InChI=1S/C16H15BrN2.ClH/c1-12(15-6-3-7-16(17)9-15)19-11-14-5-2-4-13(8-14)10-18;/h2-9,12,19H,11H2,1H3;1H. The van der Waals surface area contributed by atoms with Gasteiger partial charge in [-0.05, 0) is 42.3 Å². The van der Waals surface area contributed by atoms with Gasteiger partial charge in [0.15, 0.2) is 0 Å². The quantitative estimate of drug-likeness (QED) is 0.874. The number of nitrogens with zero attached hydrogens (tertiary/aromatic N) is 1. The van der Waals surface area contributed by atoms with E-state index in [2.05, 4.69) is 46.4 Å². The van der Waals surface area contributed by atoms with E-state index in [0.29, 0.717) is 5.56 Å². The maximum Gasteiger partial charge on any atom is 0.0991 e. The minimum atomic E-state index is 0. The summed E-state index contributed by atoms with van der Waals surface area (Å²) in [5, 5.41) is 12.3. The van der Waals surface area contributed by atoms with Crippen molar-refractivity contribution in [3.05, 3.63) is 69.7 Å². The molecule has 0 aliphatic rings. The van der Waals surface area contributed by atoms with Crippen LogP contribution in [0.2, 0.25) is 0 Å². The van der Waals surface area contributed by atoms with Crippen LogP contribution in [0.5, 0.6) is 0 Å². The number of nitriles is 1. The van der Waals surface area contributed by atoms with E-state index >= 15 is 0 Å². The molecular weight excluding hydrogens is 336 g/mol. The Labute approximate surface area is 134 Å². The average Bonchev–Trinajstić information content (AvgIpc) is 2.45. The molecule has 1 atom stereocenters. The van der Waals surface area contributed by atoms with Gasteiger partial charge in [-0.3, -0.25) is 0 Å². The number of hydrogen-bond acceptors (Lipinski definition) is 2. The molecule has 0 radical (unpaired) electrons. The molecule has 2 rings (SSSR count). The van der Waals surface area contributed by atoms with Gasteiger partial charge >= 0.3 is 0 Å². The van der Waals surface area contributed by atoms with E-state index in [0.717, 1.165) is 16.6 Å². The van der Waals surface area contributed by atoms with Crippen LogP contribution in [0.3, 0.4) is 0 Å². The molecule has 20 heavy (non-hydrogen) atoms. The van der Waals surface area contributed by atoms with E-state index in [4.69, 9.17) is 5.26 Å². The third kappa shape index (κ3) is 4.64. The molecular formula is C16H16BrClN2. The van der Waals surface area contributed by atoms with Crippen LogP contribution in [-0.2, 0) is 6.54 Å². The van der Waals surface area contributed by atoms with Crippen molar-refractivity contribution in [2.24, 2.45) is 0 Å². The van der Waals surface area contributed by atoms with Gasteiger partial charge in [0.1, 0.15) is 0 Å². The van der Waals surface area contributed by atoms with Crippen molar-refractivity contribution < 1.29 is 0 Å². The zero-order valence-electron chi connectivity index (χ0n) is 11.1. The van der Waals surface area contributed by atoms with Gasteiger partial charge in [-0.15, -0.1) is 12.4 Å². The zero-order valence-corrected chi connectivity index (χ0v) is 13.5. The highest BCUT2D eigenvalue weighted by atomic mass is 79.9. The molecule has 4 heteroatoms. The molecule has 104 valence electrons. The molecule has 0 aromatic heterocycles. The number of nitrogens with one attached hydrogen (secondary N) is 1. The fraction of sp³-hybridized carbons (Fsp3) is 0.188. The van der Waals surface area contributed by atoms with Crippen molar-refractivity contribution in [2.45, 2.75) is 19.5 Å². The maximum atomic E-state index is 8.87. The van der Waals surface area contributed by atoms with Crippen LogP contribution in [0.4, 0.5) is 0 Å². The van der Waals surface area contributed by atoms with Crippen LogP contribution < -0.4 is 5.32 Å². The third-order valence-electron chi connectivity index (χ3n) is 3.02. The lowest BCUT2D eigenvalue weighted by Crippen LogP contribution is -2.18. The molecule has 0 bridgehead atoms. The van der Waals surface area contributed by atoms with Gasteiger partial charge in [0, 0.05) is 17.1 Å². The smallest absolute Gasteiger partial charge is 0.0991 e. The van der Waals surface area contributed by atoms with Crippen molar-refractivity contribution in [1.29, 1.82) is 5.26 Å². The average molecular weight is 352 g/mol. The number of benzene rings is 2. The molecule has 0 fully saturated rings. The minimum absolute atomic E-state index is 0. The predicted octanol–water partition coefficient (Wildman–Crippen LogP) is 4.59. The summed E-state index contributed by atoms with van der Waals surface area (Å²) in [6.45, 7) is 2.89. The topological polar surface area (TPSA) is 35.8 Å². The lowest BCUT2D eigenvalue weighted by Gasteiger charge is -2.14. The van der Waals surface area contributed by atoms with E-state index in [1.54, 1.807) is 0 Å². The van der Waals surface area contributed by atoms with E-state index in [1.807, 2.05) is 36.4 Å². The molecule has 0 spiro atoms. The Balaban J connectivity index is 0.00000200. The Hall–Kier alpha value is -1.34. The summed E-state index contributed by atoms with van der Waals surface area (Å²) < 4.78 is 1.09. The van der Waals surface area contributed by atoms with E-state index in [-0.39, 0.29) is 18.4 Å². The predicted molar refractivity (Wildman–Crippen MR) is 87.8 cm³/mol. The van der Waals surface area contributed by atoms with Gasteiger partial charge in [-0.25, -0.2) is 0 Å². The van der Waals surface area contributed by atoms with Gasteiger partial charge in [-0.2, -0.15) is 5.26 Å². The second kappa shape index (κ2) is 8.06. The summed E-state index contributed by atoms with van der Waals surface area (Å²) in [5.41, 5.74) is 3.07. The molecule has 1 unspecified atom stereocenters. The molecule has 0 aliphatic carbocycles. The molecule has 0 heterocycles. The zero-order chi connectivity index (χ0) is 13.7. The lowest BCUT2D eigenvalue weighted by atomic mass is 10.1. The Morgan fingerprint density at radius 1 is 1.20 bits per heavy atom. The molecule has 2 aromatic rings. The minimum Gasteiger partial charge on any atom is -0.306 e. The van der Waals surface area contributed by atoms with E-state index in [1.165, 1.54) is 5.56 Å². The van der Waals surface area contributed by atoms with Crippen molar-refractivity contribution in [3.63, 3.8) is 0 Å². The van der Waals surface area contributed by atoms with Gasteiger partial charge < -0.3 is 5.32 Å². The molecule has 1 N–H and O–H groups in total. The highest BCUT2D eigenvalue weighted by Gasteiger charge is 2.05. The summed E-state index contributed by atoms with van der Waals surface area (Å²) in [5.74, 6) is 0. The normalized spacial score (nSPS) is 11.2. The monoisotopic (exact) mass is 350 g/mol. The molecule has 2 aromatic carbocycles. The summed E-state index contributed by atoms with van der Waals surface area (Å²) >= 11 is 3.48. The van der Waals surface area contributed by atoms with Crippen molar-refractivity contribution >= 4 is 28.3 Å². The first-order valence-corrected chi connectivity index (χ1v) is 6.96. The molecule has 0 saturated carbocycles. The first kappa shape index (κ1) is 16.7. The first-order valence-electron chi connectivity index (χ1n) is 6.17. The maximum absolute atomic E-state index is 8.87. The van der Waals surface area contributed by atoms with Crippen LogP contribution in [0.1, 0.15) is 29.7 Å².